The van der Waals surface area contributed by atoms with E-state index >= 15 is 0 Å². The van der Waals surface area contributed by atoms with Crippen LogP contribution in [0.1, 0.15) is 75.6 Å². The highest BCUT2D eigenvalue weighted by molar-refractivity contribution is 5.85. The summed E-state index contributed by atoms with van der Waals surface area (Å²) in [5.74, 6) is 0.840. The Labute approximate surface area is 192 Å². The molecule has 1 nitrogen and oxygen atoms in total. The van der Waals surface area contributed by atoms with Crippen molar-refractivity contribution in [1.82, 2.24) is 4.57 Å². The smallest absolute Gasteiger partial charge is 0.0528 e. The fraction of sp³-hybridized carbons (Fsp3) is 0.290. The molecule has 0 atom stereocenters. The second kappa shape index (κ2) is 7.52. The van der Waals surface area contributed by atoms with Crippen molar-refractivity contribution in [3.8, 4) is 28.1 Å². The molecular weight excluding hydrogens is 386 g/mol. The molecule has 3 aromatic carbocycles. The van der Waals surface area contributed by atoms with Gasteiger partial charge in [0, 0.05) is 11.6 Å². The van der Waals surface area contributed by atoms with E-state index in [4.69, 9.17) is 0 Å². The number of aromatic nitrogens is 1. The normalized spacial score (nSPS) is 14.1. The number of hydrogen-bond donors (Lipinski definition) is 0. The van der Waals surface area contributed by atoms with Crippen LogP contribution in [0.15, 0.2) is 79.0 Å². The molecule has 0 fully saturated rings. The van der Waals surface area contributed by atoms with E-state index in [9.17, 15) is 0 Å². The van der Waals surface area contributed by atoms with Crippen LogP contribution in [0.5, 0.6) is 0 Å². The molecule has 162 valence electrons. The van der Waals surface area contributed by atoms with Crippen molar-refractivity contribution >= 4 is 0 Å². The molecule has 0 aliphatic heterocycles. The van der Waals surface area contributed by atoms with Crippen LogP contribution in [0.4, 0.5) is 0 Å². The van der Waals surface area contributed by atoms with Crippen molar-refractivity contribution in [2.75, 3.05) is 0 Å². The Morgan fingerprint density at radius 3 is 2.09 bits per heavy atom. The van der Waals surface area contributed by atoms with E-state index in [0.29, 0.717) is 11.8 Å². The first-order valence-electron chi connectivity index (χ1n) is 11.9. The van der Waals surface area contributed by atoms with E-state index in [1.807, 2.05) is 0 Å². The van der Waals surface area contributed by atoms with E-state index in [0.717, 1.165) is 0 Å². The van der Waals surface area contributed by atoms with Gasteiger partial charge in [0.1, 0.15) is 0 Å². The molecule has 0 N–H and O–H groups in total. The first-order chi connectivity index (χ1) is 15.3. The Hall–Kier alpha value is -3.06. The summed E-state index contributed by atoms with van der Waals surface area (Å²) in [6, 6.07) is 26.7. The Morgan fingerprint density at radius 1 is 0.719 bits per heavy atom. The maximum atomic E-state index is 2.49. The molecule has 0 saturated heterocycles. The average molecular weight is 420 g/mol. The van der Waals surface area contributed by atoms with Crippen molar-refractivity contribution < 1.29 is 0 Å². The molecule has 0 spiro atoms. The van der Waals surface area contributed by atoms with Gasteiger partial charge in [-0.2, -0.15) is 0 Å². The third-order valence-electron chi connectivity index (χ3n) is 7.14. The van der Waals surface area contributed by atoms with Gasteiger partial charge in [0.2, 0.25) is 0 Å². The van der Waals surface area contributed by atoms with Crippen LogP contribution in [0.2, 0.25) is 0 Å². The van der Waals surface area contributed by atoms with Crippen LogP contribution in [0.3, 0.4) is 0 Å². The van der Waals surface area contributed by atoms with Gasteiger partial charge in [-0.25, -0.2) is 0 Å². The first-order valence-corrected chi connectivity index (χ1v) is 11.9. The lowest BCUT2D eigenvalue weighted by Crippen LogP contribution is -2.20. The van der Waals surface area contributed by atoms with Crippen molar-refractivity contribution in [2.24, 2.45) is 0 Å². The molecule has 0 bridgehead atoms. The Kier molecular flexibility index (Phi) is 4.89. The number of hydrogen-bond acceptors (Lipinski definition) is 0. The fourth-order valence-corrected chi connectivity index (χ4v) is 5.69. The Balaban J connectivity index is 1.90. The molecule has 0 amide bonds. The van der Waals surface area contributed by atoms with Gasteiger partial charge in [-0.15, -0.1) is 0 Å². The van der Waals surface area contributed by atoms with Crippen LogP contribution < -0.4 is 0 Å². The SMILES string of the molecule is CC(C)c1cc2c(c(C(C)C)c1-n1cccc1-c1ccccc1)C(C)(C)c1ccccc1-2. The molecule has 5 rings (SSSR count). The third-order valence-corrected chi connectivity index (χ3v) is 7.14. The summed E-state index contributed by atoms with van der Waals surface area (Å²) >= 11 is 0. The lowest BCUT2D eigenvalue weighted by molar-refractivity contribution is 0.639. The molecule has 1 heteroatoms. The van der Waals surface area contributed by atoms with Crippen LogP contribution >= 0.6 is 0 Å². The second-order valence-corrected chi connectivity index (χ2v) is 10.3. The van der Waals surface area contributed by atoms with Gasteiger partial charge in [0.05, 0.1) is 11.4 Å². The molecule has 1 aliphatic carbocycles. The molecule has 4 aromatic rings. The largest absolute Gasteiger partial charge is 0.316 e. The minimum atomic E-state index is -0.0180. The summed E-state index contributed by atoms with van der Waals surface area (Å²) in [6.07, 6.45) is 2.25. The summed E-state index contributed by atoms with van der Waals surface area (Å²) in [7, 11) is 0. The Bertz CT molecular complexity index is 1290. The van der Waals surface area contributed by atoms with Gasteiger partial charge >= 0.3 is 0 Å². The van der Waals surface area contributed by atoms with E-state index in [2.05, 4.69) is 125 Å². The second-order valence-electron chi connectivity index (χ2n) is 10.3. The molecular formula is C31H33N. The maximum absolute atomic E-state index is 2.49. The molecule has 0 unspecified atom stereocenters. The zero-order valence-corrected chi connectivity index (χ0v) is 20.1. The number of rotatable bonds is 4. The van der Waals surface area contributed by atoms with Gasteiger partial charge in [-0.1, -0.05) is 96.1 Å². The Morgan fingerprint density at radius 2 is 1.41 bits per heavy atom. The molecule has 1 aromatic heterocycles. The average Bonchev–Trinajstić information content (AvgIpc) is 3.35. The number of benzene rings is 3. The minimum absolute atomic E-state index is 0.0180. The van der Waals surface area contributed by atoms with Gasteiger partial charge in [-0.3, -0.25) is 0 Å². The van der Waals surface area contributed by atoms with Gasteiger partial charge < -0.3 is 4.57 Å². The zero-order chi connectivity index (χ0) is 22.6. The molecule has 1 aliphatic rings. The summed E-state index contributed by atoms with van der Waals surface area (Å²) in [4.78, 5) is 0. The van der Waals surface area contributed by atoms with Gasteiger partial charge in [0.25, 0.3) is 0 Å². The van der Waals surface area contributed by atoms with E-state index in [1.54, 1.807) is 0 Å². The van der Waals surface area contributed by atoms with Crippen LogP contribution in [0.25, 0.3) is 28.1 Å². The van der Waals surface area contributed by atoms with Crippen molar-refractivity contribution in [1.29, 1.82) is 0 Å². The maximum Gasteiger partial charge on any atom is 0.0528 e. The predicted molar refractivity (Wildman–Crippen MR) is 137 cm³/mol. The topological polar surface area (TPSA) is 4.93 Å². The molecule has 0 saturated carbocycles. The summed E-state index contributed by atoms with van der Waals surface area (Å²) in [5, 5.41) is 0. The number of fused-ring (bicyclic) bond motifs is 3. The summed E-state index contributed by atoms with van der Waals surface area (Å²) in [6.45, 7) is 14.2. The monoisotopic (exact) mass is 419 g/mol. The lowest BCUT2D eigenvalue weighted by atomic mass is 9.76. The molecule has 0 radical (unpaired) electrons. The van der Waals surface area contributed by atoms with Gasteiger partial charge in [-0.05, 0) is 69.0 Å². The molecule has 1 heterocycles. The highest BCUT2D eigenvalue weighted by Crippen LogP contribution is 2.54. The van der Waals surface area contributed by atoms with Crippen molar-refractivity contribution in [2.45, 2.75) is 58.8 Å². The summed E-state index contributed by atoms with van der Waals surface area (Å²) in [5.41, 5.74) is 12.5. The number of nitrogens with zero attached hydrogens (tertiary/aromatic N) is 1. The first kappa shape index (κ1) is 20.8. The van der Waals surface area contributed by atoms with E-state index < -0.39 is 0 Å². The van der Waals surface area contributed by atoms with Crippen molar-refractivity contribution in [3.63, 3.8) is 0 Å². The van der Waals surface area contributed by atoms with Crippen LogP contribution in [-0.2, 0) is 5.41 Å². The zero-order valence-electron chi connectivity index (χ0n) is 20.1. The fourth-order valence-electron chi connectivity index (χ4n) is 5.69. The summed E-state index contributed by atoms with van der Waals surface area (Å²) < 4.78 is 2.44. The molecule has 32 heavy (non-hydrogen) atoms. The minimum Gasteiger partial charge on any atom is -0.316 e. The highest BCUT2D eigenvalue weighted by atomic mass is 15.0. The van der Waals surface area contributed by atoms with Crippen LogP contribution in [-0.4, -0.2) is 4.57 Å². The van der Waals surface area contributed by atoms with Crippen molar-refractivity contribution in [3.05, 3.63) is 101 Å². The quantitative estimate of drug-likeness (QED) is 0.312. The van der Waals surface area contributed by atoms with Crippen LogP contribution in [0, 0.1) is 0 Å². The third kappa shape index (κ3) is 2.98. The standard InChI is InChI=1S/C31H33N/c1-20(2)24-19-25-23-15-10-11-16-26(23)31(5,6)29(25)28(21(3)4)30(24)32-18-12-17-27(32)22-13-8-7-9-14-22/h7-21H,1-6H3. The van der Waals surface area contributed by atoms with Gasteiger partial charge in [0.15, 0.2) is 0 Å². The van der Waals surface area contributed by atoms with E-state index in [-0.39, 0.29) is 5.41 Å². The lowest BCUT2D eigenvalue weighted by Gasteiger charge is -2.31. The highest BCUT2D eigenvalue weighted by Gasteiger charge is 2.40. The van der Waals surface area contributed by atoms with E-state index in [1.165, 1.54) is 50.3 Å². The predicted octanol–water partition coefficient (Wildman–Crippen LogP) is 8.70.